The van der Waals surface area contributed by atoms with Gasteiger partial charge in [-0.25, -0.2) is 4.98 Å². The first kappa shape index (κ1) is 16.1. The maximum atomic E-state index is 12.0. The van der Waals surface area contributed by atoms with Crippen molar-refractivity contribution in [3.63, 3.8) is 0 Å². The molecule has 0 radical (unpaired) electrons. The summed E-state index contributed by atoms with van der Waals surface area (Å²) in [5.41, 5.74) is 8.84. The number of amides is 1. The van der Waals surface area contributed by atoms with Crippen molar-refractivity contribution in [3.05, 3.63) is 47.3 Å². The fourth-order valence-electron chi connectivity index (χ4n) is 3.30. The third-order valence-corrected chi connectivity index (χ3v) is 5.87. The van der Waals surface area contributed by atoms with Gasteiger partial charge in [-0.1, -0.05) is 54.9 Å². The van der Waals surface area contributed by atoms with Crippen molar-refractivity contribution in [1.29, 1.82) is 0 Å². The molecule has 1 aliphatic rings. The molecule has 1 amide bonds. The van der Waals surface area contributed by atoms with E-state index in [0.717, 1.165) is 16.4 Å². The smallest absolute Gasteiger partial charge is 0.235 e. The zero-order valence-electron chi connectivity index (χ0n) is 13.7. The molecule has 1 saturated carbocycles. The Kier molecular flexibility index (Phi) is 4.76. The van der Waals surface area contributed by atoms with Gasteiger partial charge in [0.1, 0.15) is 5.25 Å². The lowest BCUT2D eigenvalue weighted by atomic mass is 10.1. The summed E-state index contributed by atoms with van der Waals surface area (Å²) in [6, 6.07) is 10.2. The molecular weight excluding hydrogens is 306 g/mol. The summed E-state index contributed by atoms with van der Waals surface area (Å²) >= 11 is 1.48. The predicted octanol–water partition coefficient (Wildman–Crippen LogP) is 3.93. The van der Waals surface area contributed by atoms with Crippen LogP contribution in [0.15, 0.2) is 35.5 Å². The van der Waals surface area contributed by atoms with E-state index >= 15 is 0 Å². The van der Waals surface area contributed by atoms with E-state index < -0.39 is 5.25 Å². The number of carbonyl (C=O) groups is 1. The van der Waals surface area contributed by atoms with Crippen molar-refractivity contribution >= 4 is 17.7 Å². The van der Waals surface area contributed by atoms with Gasteiger partial charge in [0.2, 0.25) is 5.91 Å². The van der Waals surface area contributed by atoms with Gasteiger partial charge < -0.3 is 10.3 Å². The number of rotatable bonds is 5. The minimum Gasteiger partial charge on any atom is -0.368 e. The average molecular weight is 329 g/mol. The first-order valence-corrected chi connectivity index (χ1v) is 9.02. The van der Waals surface area contributed by atoms with E-state index in [2.05, 4.69) is 11.5 Å². The summed E-state index contributed by atoms with van der Waals surface area (Å²) < 4.78 is 2.33. The Balaban J connectivity index is 1.94. The van der Waals surface area contributed by atoms with Crippen LogP contribution in [0.3, 0.4) is 0 Å². The van der Waals surface area contributed by atoms with Crippen molar-refractivity contribution in [1.82, 2.24) is 9.55 Å². The molecule has 23 heavy (non-hydrogen) atoms. The Hall–Kier alpha value is -1.75. The van der Waals surface area contributed by atoms with Crippen molar-refractivity contribution in [2.45, 2.75) is 56.0 Å². The normalized spacial score (nSPS) is 16.6. The van der Waals surface area contributed by atoms with Gasteiger partial charge in [0, 0.05) is 11.7 Å². The molecule has 0 spiro atoms. The van der Waals surface area contributed by atoms with E-state index in [4.69, 9.17) is 10.7 Å². The van der Waals surface area contributed by atoms with E-state index in [-0.39, 0.29) is 5.91 Å². The maximum Gasteiger partial charge on any atom is 0.235 e. The van der Waals surface area contributed by atoms with Crippen molar-refractivity contribution in [3.8, 4) is 0 Å². The number of thioether (sulfide) groups is 1. The molecule has 1 unspecified atom stereocenters. The van der Waals surface area contributed by atoms with Gasteiger partial charge in [-0.05, 0) is 32.3 Å². The van der Waals surface area contributed by atoms with Crippen LogP contribution in [0.4, 0.5) is 0 Å². The number of hydrogen-bond acceptors (Lipinski definition) is 3. The fourth-order valence-corrected chi connectivity index (χ4v) is 4.50. The Labute approximate surface area is 141 Å². The van der Waals surface area contributed by atoms with Crippen LogP contribution in [-0.4, -0.2) is 15.5 Å². The molecule has 3 rings (SSSR count). The van der Waals surface area contributed by atoms with Crippen LogP contribution < -0.4 is 5.73 Å². The maximum absolute atomic E-state index is 12.0. The number of nitrogens with zero attached hydrogens (tertiary/aromatic N) is 2. The highest BCUT2D eigenvalue weighted by Crippen LogP contribution is 2.40. The van der Waals surface area contributed by atoms with Crippen LogP contribution in [0.2, 0.25) is 0 Å². The van der Waals surface area contributed by atoms with Gasteiger partial charge in [0.05, 0.1) is 5.69 Å². The minimum atomic E-state index is -0.405. The van der Waals surface area contributed by atoms with E-state index in [0.29, 0.717) is 6.04 Å². The number of aromatic nitrogens is 2. The van der Waals surface area contributed by atoms with E-state index in [1.54, 1.807) is 0 Å². The van der Waals surface area contributed by atoms with Crippen LogP contribution >= 0.6 is 11.8 Å². The third-order valence-electron chi connectivity index (χ3n) is 4.63. The summed E-state index contributed by atoms with van der Waals surface area (Å²) in [5, 5.41) is 0.511. The van der Waals surface area contributed by atoms with E-state index in [1.807, 2.05) is 37.3 Å². The number of hydrogen-bond donors (Lipinski definition) is 1. The quantitative estimate of drug-likeness (QED) is 0.845. The summed E-state index contributed by atoms with van der Waals surface area (Å²) in [5.74, 6) is -0.322. The molecule has 2 N–H and O–H groups in total. The van der Waals surface area contributed by atoms with Crippen LogP contribution in [-0.2, 0) is 4.79 Å². The van der Waals surface area contributed by atoms with Crippen molar-refractivity contribution in [2.75, 3.05) is 0 Å². The van der Waals surface area contributed by atoms with Gasteiger partial charge in [-0.15, -0.1) is 0 Å². The molecule has 122 valence electrons. The number of nitrogens with two attached hydrogens (primary N) is 1. The topological polar surface area (TPSA) is 60.9 Å². The van der Waals surface area contributed by atoms with E-state index in [9.17, 15) is 4.79 Å². The third kappa shape index (κ3) is 3.29. The highest BCUT2D eigenvalue weighted by atomic mass is 32.2. The Bertz CT molecular complexity index is 690. The molecule has 1 aliphatic carbocycles. The monoisotopic (exact) mass is 329 g/mol. The van der Waals surface area contributed by atoms with Gasteiger partial charge in [0.25, 0.3) is 0 Å². The Morgan fingerprint density at radius 2 is 1.91 bits per heavy atom. The van der Waals surface area contributed by atoms with Crippen LogP contribution in [0.1, 0.15) is 53.9 Å². The molecule has 2 aromatic rings. The Morgan fingerprint density at radius 3 is 2.52 bits per heavy atom. The largest absolute Gasteiger partial charge is 0.368 e. The number of primary amides is 1. The molecule has 0 bridgehead atoms. The lowest BCUT2D eigenvalue weighted by molar-refractivity contribution is -0.117. The number of carbonyl (C=O) groups excluding carboxylic acids is 1. The summed E-state index contributed by atoms with van der Waals surface area (Å²) in [6.07, 6.45) is 4.92. The Morgan fingerprint density at radius 1 is 1.26 bits per heavy atom. The van der Waals surface area contributed by atoms with Crippen molar-refractivity contribution < 1.29 is 4.79 Å². The summed E-state index contributed by atoms with van der Waals surface area (Å²) in [6.45, 7) is 4.15. The lowest BCUT2D eigenvalue weighted by Gasteiger charge is -2.19. The molecule has 5 heteroatoms. The molecule has 1 fully saturated rings. The second kappa shape index (κ2) is 6.79. The lowest BCUT2D eigenvalue weighted by Crippen LogP contribution is -2.20. The second-order valence-electron chi connectivity index (χ2n) is 6.18. The minimum absolute atomic E-state index is 0.322. The highest BCUT2D eigenvalue weighted by Gasteiger charge is 2.27. The average Bonchev–Trinajstić information content (AvgIpc) is 3.14. The zero-order valence-corrected chi connectivity index (χ0v) is 14.5. The number of benzene rings is 1. The zero-order chi connectivity index (χ0) is 16.4. The highest BCUT2D eigenvalue weighted by molar-refractivity contribution is 8.00. The van der Waals surface area contributed by atoms with Gasteiger partial charge in [0.15, 0.2) is 5.16 Å². The molecule has 0 aliphatic heterocycles. The first-order chi connectivity index (χ1) is 11.1. The van der Waals surface area contributed by atoms with Crippen LogP contribution in [0.25, 0.3) is 0 Å². The SMILES string of the molecule is Cc1nc(SC(C(N)=O)c2ccccc2)n(C2CCCC2)c1C. The molecular formula is C18H23N3OS. The first-order valence-electron chi connectivity index (χ1n) is 8.14. The van der Waals surface area contributed by atoms with Crippen LogP contribution in [0, 0.1) is 13.8 Å². The fraction of sp³-hybridized carbons (Fsp3) is 0.444. The molecule has 1 aromatic heterocycles. The molecule has 0 saturated heterocycles. The second-order valence-corrected chi connectivity index (χ2v) is 7.26. The molecule has 4 nitrogen and oxygen atoms in total. The molecule has 1 atom stereocenters. The molecule has 1 heterocycles. The van der Waals surface area contributed by atoms with Crippen LogP contribution in [0.5, 0.6) is 0 Å². The number of aryl methyl sites for hydroxylation is 1. The van der Waals surface area contributed by atoms with Gasteiger partial charge in [-0.3, -0.25) is 4.79 Å². The van der Waals surface area contributed by atoms with E-state index in [1.165, 1.54) is 43.1 Å². The summed E-state index contributed by atoms with van der Waals surface area (Å²) in [7, 11) is 0. The predicted molar refractivity (Wildman–Crippen MR) is 93.4 cm³/mol. The standard InChI is InChI=1S/C18H23N3OS/c1-12-13(2)21(15-10-6-7-11-15)18(20-12)23-16(17(19)22)14-8-4-3-5-9-14/h3-5,8-9,15-16H,6-7,10-11H2,1-2H3,(H2,19,22). The summed E-state index contributed by atoms with van der Waals surface area (Å²) in [4.78, 5) is 16.7. The van der Waals surface area contributed by atoms with Gasteiger partial charge >= 0.3 is 0 Å². The molecule has 1 aromatic carbocycles. The number of imidazole rings is 1. The van der Waals surface area contributed by atoms with Gasteiger partial charge in [-0.2, -0.15) is 0 Å². The van der Waals surface area contributed by atoms with Crippen molar-refractivity contribution in [2.24, 2.45) is 5.73 Å².